The van der Waals surface area contributed by atoms with Gasteiger partial charge in [0, 0.05) is 11.6 Å². The van der Waals surface area contributed by atoms with Gasteiger partial charge in [-0.25, -0.2) is 4.98 Å². The summed E-state index contributed by atoms with van der Waals surface area (Å²) in [5.74, 6) is 1.54. The molecule has 3 rings (SSSR count). The van der Waals surface area contributed by atoms with E-state index in [0.29, 0.717) is 29.3 Å². The molecule has 2 aromatic heterocycles. The first-order chi connectivity index (χ1) is 12.1. The fraction of sp³-hybridized carbons (Fsp3) is 0.176. The summed E-state index contributed by atoms with van der Waals surface area (Å²) >= 11 is 5.24. The van der Waals surface area contributed by atoms with E-state index in [1.165, 1.54) is 5.56 Å². The third-order valence-electron chi connectivity index (χ3n) is 3.38. The molecule has 0 amide bonds. The lowest BCUT2D eigenvalue weighted by atomic mass is 10.1. The SMILES string of the molecule is COc1ccc(NC(=S)NCc2nc(-c3ccc(C)cc3)no2)cn1. The second kappa shape index (κ2) is 7.71. The van der Waals surface area contributed by atoms with Gasteiger partial charge < -0.3 is 19.9 Å². The van der Waals surface area contributed by atoms with Crippen molar-refractivity contribution in [1.29, 1.82) is 0 Å². The molecule has 7 nitrogen and oxygen atoms in total. The molecule has 0 bridgehead atoms. The number of nitrogens with one attached hydrogen (secondary N) is 2. The lowest BCUT2D eigenvalue weighted by Gasteiger charge is -2.08. The van der Waals surface area contributed by atoms with Crippen LogP contribution in [0.1, 0.15) is 11.5 Å². The van der Waals surface area contributed by atoms with E-state index in [0.717, 1.165) is 11.3 Å². The molecule has 0 saturated heterocycles. The Labute approximate surface area is 150 Å². The van der Waals surface area contributed by atoms with Crippen LogP contribution in [-0.4, -0.2) is 27.3 Å². The maximum atomic E-state index is 5.24. The summed E-state index contributed by atoms with van der Waals surface area (Å²) < 4.78 is 10.3. The molecule has 0 spiro atoms. The highest BCUT2D eigenvalue weighted by Gasteiger charge is 2.09. The Bertz CT molecular complexity index is 846. The molecule has 0 aliphatic carbocycles. The third kappa shape index (κ3) is 4.51. The summed E-state index contributed by atoms with van der Waals surface area (Å²) in [6.45, 7) is 2.36. The molecule has 8 heteroatoms. The van der Waals surface area contributed by atoms with E-state index < -0.39 is 0 Å². The molecular formula is C17H17N5O2S. The van der Waals surface area contributed by atoms with Crippen LogP contribution in [0.3, 0.4) is 0 Å². The number of hydrogen-bond donors (Lipinski definition) is 2. The maximum Gasteiger partial charge on any atom is 0.246 e. The van der Waals surface area contributed by atoms with Crippen molar-refractivity contribution in [2.24, 2.45) is 0 Å². The van der Waals surface area contributed by atoms with E-state index in [9.17, 15) is 0 Å². The fourth-order valence-electron chi connectivity index (χ4n) is 2.05. The highest BCUT2D eigenvalue weighted by molar-refractivity contribution is 7.80. The van der Waals surface area contributed by atoms with E-state index in [4.69, 9.17) is 21.5 Å². The Morgan fingerprint density at radius 3 is 2.68 bits per heavy atom. The smallest absolute Gasteiger partial charge is 0.246 e. The van der Waals surface area contributed by atoms with Crippen molar-refractivity contribution in [2.45, 2.75) is 13.5 Å². The summed E-state index contributed by atoms with van der Waals surface area (Å²) in [5.41, 5.74) is 2.84. The highest BCUT2D eigenvalue weighted by Crippen LogP contribution is 2.16. The van der Waals surface area contributed by atoms with Gasteiger partial charge >= 0.3 is 0 Å². The van der Waals surface area contributed by atoms with Gasteiger partial charge in [0.15, 0.2) is 5.11 Å². The van der Waals surface area contributed by atoms with Crippen LogP contribution in [0.15, 0.2) is 47.1 Å². The largest absolute Gasteiger partial charge is 0.481 e. The Hall–Kier alpha value is -3.00. The number of benzene rings is 1. The summed E-state index contributed by atoms with van der Waals surface area (Å²) in [7, 11) is 1.57. The molecule has 2 heterocycles. The third-order valence-corrected chi connectivity index (χ3v) is 3.63. The van der Waals surface area contributed by atoms with Crippen LogP contribution in [0.25, 0.3) is 11.4 Å². The van der Waals surface area contributed by atoms with E-state index in [1.807, 2.05) is 37.3 Å². The van der Waals surface area contributed by atoms with Crippen molar-refractivity contribution in [3.8, 4) is 17.3 Å². The van der Waals surface area contributed by atoms with Gasteiger partial charge in [-0.1, -0.05) is 35.0 Å². The van der Waals surface area contributed by atoms with Gasteiger partial charge in [-0.2, -0.15) is 4.98 Å². The number of aromatic nitrogens is 3. The number of aryl methyl sites for hydroxylation is 1. The number of rotatable bonds is 5. The number of anilines is 1. The zero-order valence-corrected chi connectivity index (χ0v) is 14.6. The molecule has 1 aromatic carbocycles. The van der Waals surface area contributed by atoms with Gasteiger partial charge in [-0.3, -0.25) is 0 Å². The van der Waals surface area contributed by atoms with E-state index in [2.05, 4.69) is 25.8 Å². The van der Waals surface area contributed by atoms with Crippen molar-refractivity contribution >= 4 is 23.0 Å². The molecule has 0 fully saturated rings. The molecule has 0 aliphatic rings. The van der Waals surface area contributed by atoms with E-state index in [-0.39, 0.29) is 0 Å². The predicted octanol–water partition coefficient (Wildman–Crippen LogP) is 2.94. The molecule has 0 radical (unpaired) electrons. The zero-order chi connectivity index (χ0) is 17.6. The lowest BCUT2D eigenvalue weighted by molar-refractivity contribution is 0.376. The second-order valence-corrected chi connectivity index (χ2v) is 5.68. The summed E-state index contributed by atoms with van der Waals surface area (Å²) in [6, 6.07) is 11.5. The molecule has 0 aliphatic heterocycles. The van der Waals surface area contributed by atoms with Gasteiger partial charge in [0.1, 0.15) is 0 Å². The maximum absolute atomic E-state index is 5.24. The molecule has 25 heavy (non-hydrogen) atoms. The zero-order valence-electron chi connectivity index (χ0n) is 13.8. The molecule has 0 unspecified atom stereocenters. The summed E-state index contributed by atoms with van der Waals surface area (Å²) in [4.78, 5) is 8.45. The highest BCUT2D eigenvalue weighted by atomic mass is 32.1. The predicted molar refractivity (Wildman–Crippen MR) is 98.3 cm³/mol. The first-order valence-electron chi connectivity index (χ1n) is 7.58. The van der Waals surface area contributed by atoms with Crippen LogP contribution in [0.5, 0.6) is 5.88 Å². The quantitative estimate of drug-likeness (QED) is 0.676. The Kier molecular flexibility index (Phi) is 5.20. The van der Waals surface area contributed by atoms with Crippen LogP contribution >= 0.6 is 12.2 Å². The van der Waals surface area contributed by atoms with Gasteiger partial charge in [0.25, 0.3) is 0 Å². The second-order valence-electron chi connectivity index (χ2n) is 5.27. The van der Waals surface area contributed by atoms with Crippen molar-refractivity contribution in [3.63, 3.8) is 0 Å². The van der Waals surface area contributed by atoms with Gasteiger partial charge in [0.2, 0.25) is 17.6 Å². The first kappa shape index (κ1) is 16.8. The van der Waals surface area contributed by atoms with Crippen molar-refractivity contribution in [2.75, 3.05) is 12.4 Å². The van der Waals surface area contributed by atoms with Crippen molar-refractivity contribution in [1.82, 2.24) is 20.4 Å². The van der Waals surface area contributed by atoms with Crippen molar-refractivity contribution in [3.05, 3.63) is 54.0 Å². The minimum absolute atomic E-state index is 0.328. The average Bonchev–Trinajstić information content (AvgIpc) is 3.10. The number of thiocarbonyl (C=S) groups is 1. The number of hydrogen-bond acceptors (Lipinski definition) is 6. The lowest BCUT2D eigenvalue weighted by Crippen LogP contribution is -2.28. The normalized spacial score (nSPS) is 10.3. The molecule has 0 saturated carbocycles. The fourth-order valence-corrected chi connectivity index (χ4v) is 2.24. The number of pyridine rings is 1. The Balaban J connectivity index is 1.54. The van der Waals surface area contributed by atoms with Crippen LogP contribution in [0.4, 0.5) is 5.69 Å². The van der Waals surface area contributed by atoms with Gasteiger partial charge in [-0.05, 0) is 25.2 Å². The minimum Gasteiger partial charge on any atom is -0.481 e. The van der Waals surface area contributed by atoms with E-state index in [1.54, 1.807) is 19.4 Å². The molecule has 3 aromatic rings. The first-order valence-corrected chi connectivity index (χ1v) is 7.99. The monoisotopic (exact) mass is 355 g/mol. The van der Waals surface area contributed by atoms with Gasteiger partial charge in [-0.15, -0.1) is 0 Å². The van der Waals surface area contributed by atoms with Crippen LogP contribution < -0.4 is 15.4 Å². The van der Waals surface area contributed by atoms with E-state index >= 15 is 0 Å². The standard InChI is InChI=1S/C17H17N5O2S/c1-11-3-5-12(6-4-11)16-21-15(24-22-16)10-19-17(25)20-13-7-8-14(23-2)18-9-13/h3-9H,10H2,1-2H3,(H2,19,20,25). The topological polar surface area (TPSA) is 85.1 Å². The van der Waals surface area contributed by atoms with Crippen LogP contribution in [0.2, 0.25) is 0 Å². The molecule has 2 N–H and O–H groups in total. The summed E-state index contributed by atoms with van der Waals surface area (Å²) in [5, 5.41) is 10.5. The molecule has 128 valence electrons. The Morgan fingerprint density at radius 1 is 1.20 bits per heavy atom. The number of ether oxygens (including phenoxy) is 1. The Morgan fingerprint density at radius 2 is 2.00 bits per heavy atom. The number of methoxy groups -OCH3 is 1. The van der Waals surface area contributed by atoms with Crippen LogP contribution in [-0.2, 0) is 6.54 Å². The minimum atomic E-state index is 0.328. The summed E-state index contributed by atoms with van der Waals surface area (Å²) in [6.07, 6.45) is 1.63. The van der Waals surface area contributed by atoms with Gasteiger partial charge in [0.05, 0.1) is 25.5 Å². The van der Waals surface area contributed by atoms with Crippen LogP contribution in [0, 0.1) is 6.92 Å². The number of nitrogens with zero attached hydrogens (tertiary/aromatic N) is 3. The molecule has 0 atom stereocenters. The molecular weight excluding hydrogens is 338 g/mol. The average molecular weight is 355 g/mol. The van der Waals surface area contributed by atoms with Crippen molar-refractivity contribution < 1.29 is 9.26 Å².